The minimum absolute atomic E-state index is 0.146. The molecule has 1 N–H and O–H groups in total. The van der Waals surface area contributed by atoms with Crippen LogP contribution >= 0.6 is 11.8 Å². The lowest BCUT2D eigenvalue weighted by atomic mass is 9.91. The maximum atomic E-state index is 13.5. The highest BCUT2D eigenvalue weighted by Gasteiger charge is 2.19. The van der Waals surface area contributed by atoms with Gasteiger partial charge < -0.3 is 5.32 Å². The number of benzene rings is 1. The lowest BCUT2D eigenvalue weighted by Crippen LogP contribution is -2.29. The Bertz CT molecular complexity index is 1060. The molecule has 4 rings (SSSR count). The number of nitrogens with zero attached hydrogens (tertiary/aromatic N) is 5. The lowest BCUT2D eigenvalue weighted by molar-refractivity contribution is -0.122. The van der Waals surface area contributed by atoms with E-state index in [1.165, 1.54) is 44.2 Å². The molecule has 7 nitrogen and oxygen atoms in total. The van der Waals surface area contributed by atoms with Gasteiger partial charge in [-0.1, -0.05) is 31.0 Å². The molecule has 9 heteroatoms. The van der Waals surface area contributed by atoms with Crippen LogP contribution in [-0.4, -0.2) is 36.2 Å². The number of hydrogen-bond acceptors (Lipinski definition) is 5. The molecular weight excluding hydrogens is 427 g/mol. The predicted octanol–water partition coefficient (Wildman–Crippen LogP) is 4.21. The molecule has 0 unspecified atom stereocenters. The van der Waals surface area contributed by atoms with Gasteiger partial charge in [-0.25, -0.2) is 4.39 Å². The van der Waals surface area contributed by atoms with Crippen molar-refractivity contribution in [3.05, 3.63) is 53.4 Å². The van der Waals surface area contributed by atoms with Crippen molar-refractivity contribution in [1.29, 1.82) is 0 Å². The number of nitrogens with one attached hydrogen (secondary N) is 1. The molecule has 1 aromatic carbocycles. The highest BCUT2D eigenvalue weighted by atomic mass is 32.2. The van der Waals surface area contributed by atoms with Crippen LogP contribution in [0.25, 0.3) is 5.69 Å². The highest BCUT2D eigenvalue weighted by Crippen LogP contribution is 2.30. The van der Waals surface area contributed by atoms with Crippen molar-refractivity contribution in [1.82, 2.24) is 29.9 Å². The van der Waals surface area contributed by atoms with E-state index in [4.69, 9.17) is 0 Å². The predicted molar refractivity (Wildman–Crippen MR) is 122 cm³/mol. The second-order valence-corrected chi connectivity index (χ2v) is 9.37. The van der Waals surface area contributed by atoms with Crippen molar-refractivity contribution in [2.24, 2.45) is 5.92 Å². The van der Waals surface area contributed by atoms with Gasteiger partial charge in [-0.05, 0) is 62.9 Å². The van der Waals surface area contributed by atoms with Gasteiger partial charge in [0.05, 0.1) is 12.2 Å². The van der Waals surface area contributed by atoms with Crippen molar-refractivity contribution in [2.75, 3.05) is 5.75 Å². The van der Waals surface area contributed by atoms with Crippen LogP contribution in [0.1, 0.15) is 49.3 Å². The Morgan fingerprint density at radius 2 is 1.91 bits per heavy atom. The number of carbonyl (C=O) groups is 1. The number of aryl methyl sites for hydroxylation is 2. The zero-order valence-electron chi connectivity index (χ0n) is 18.6. The SMILES string of the molecule is Cc1cc(C)n(CC(=O)NCc2nnc(SCC3CCCCC3)n2-c2ccc(F)cc2)n1. The molecule has 0 spiro atoms. The topological polar surface area (TPSA) is 77.6 Å². The molecule has 1 aliphatic rings. The van der Waals surface area contributed by atoms with Crippen molar-refractivity contribution in [2.45, 2.75) is 64.2 Å². The standard InChI is InChI=1S/C23H29FN6OS/c1-16-12-17(2)29(28-16)14-22(31)25-13-21-26-27-23(32-15-18-6-4-3-5-7-18)30(21)20-10-8-19(24)9-11-20/h8-12,18H,3-7,13-15H2,1-2H3,(H,25,31). The first-order valence-corrected chi connectivity index (χ1v) is 12.1. The van der Waals surface area contributed by atoms with Crippen LogP contribution in [0.2, 0.25) is 0 Å². The maximum Gasteiger partial charge on any atom is 0.242 e. The summed E-state index contributed by atoms with van der Waals surface area (Å²) in [7, 11) is 0. The van der Waals surface area contributed by atoms with Gasteiger partial charge in [0, 0.05) is 17.1 Å². The quantitative estimate of drug-likeness (QED) is 0.514. The Morgan fingerprint density at radius 1 is 1.16 bits per heavy atom. The average Bonchev–Trinajstić information content (AvgIpc) is 3.34. The summed E-state index contributed by atoms with van der Waals surface area (Å²) in [6.45, 7) is 4.20. The van der Waals surface area contributed by atoms with Crippen LogP contribution in [0.3, 0.4) is 0 Å². The van der Waals surface area contributed by atoms with E-state index in [9.17, 15) is 9.18 Å². The van der Waals surface area contributed by atoms with E-state index in [1.807, 2.05) is 24.5 Å². The van der Waals surface area contributed by atoms with Gasteiger partial charge in [0.2, 0.25) is 5.91 Å². The molecule has 0 atom stereocenters. The van der Waals surface area contributed by atoms with Crippen LogP contribution in [0, 0.1) is 25.6 Å². The molecular formula is C23H29FN6OS. The molecule has 32 heavy (non-hydrogen) atoms. The van der Waals surface area contributed by atoms with Gasteiger partial charge in [-0.3, -0.25) is 14.0 Å². The normalized spacial score (nSPS) is 14.6. The summed E-state index contributed by atoms with van der Waals surface area (Å²) >= 11 is 1.68. The molecule has 1 amide bonds. The van der Waals surface area contributed by atoms with Crippen LogP contribution in [0.5, 0.6) is 0 Å². The Labute approximate surface area is 191 Å². The van der Waals surface area contributed by atoms with E-state index in [0.29, 0.717) is 11.7 Å². The summed E-state index contributed by atoms with van der Waals surface area (Å²) in [4.78, 5) is 12.5. The van der Waals surface area contributed by atoms with Gasteiger partial charge >= 0.3 is 0 Å². The molecule has 0 aliphatic heterocycles. The van der Waals surface area contributed by atoms with Crippen molar-refractivity contribution >= 4 is 17.7 Å². The molecule has 2 aromatic heterocycles. The largest absolute Gasteiger partial charge is 0.347 e. The summed E-state index contributed by atoms with van der Waals surface area (Å²) in [5.41, 5.74) is 2.60. The average molecular weight is 457 g/mol. The van der Waals surface area contributed by atoms with Crippen molar-refractivity contribution in [3.8, 4) is 5.69 Å². The number of carbonyl (C=O) groups excluding carboxylic acids is 1. The van der Waals surface area contributed by atoms with Crippen LogP contribution in [-0.2, 0) is 17.9 Å². The number of thioether (sulfide) groups is 1. The van der Waals surface area contributed by atoms with Gasteiger partial charge in [-0.2, -0.15) is 5.10 Å². The minimum Gasteiger partial charge on any atom is -0.347 e. The first-order chi connectivity index (χ1) is 15.5. The Morgan fingerprint density at radius 3 is 2.59 bits per heavy atom. The fourth-order valence-electron chi connectivity index (χ4n) is 4.11. The third-order valence-electron chi connectivity index (χ3n) is 5.80. The van der Waals surface area contributed by atoms with Gasteiger partial charge in [0.1, 0.15) is 12.4 Å². The molecule has 170 valence electrons. The zero-order chi connectivity index (χ0) is 22.5. The number of rotatable bonds is 8. The Balaban J connectivity index is 1.47. The molecule has 0 bridgehead atoms. The zero-order valence-corrected chi connectivity index (χ0v) is 19.4. The minimum atomic E-state index is -0.294. The number of aromatic nitrogens is 5. The monoisotopic (exact) mass is 456 g/mol. The Kier molecular flexibility index (Phi) is 7.24. The second-order valence-electron chi connectivity index (χ2n) is 8.39. The first kappa shape index (κ1) is 22.5. The smallest absolute Gasteiger partial charge is 0.242 e. The molecule has 1 saturated carbocycles. The summed E-state index contributed by atoms with van der Waals surface area (Å²) in [5, 5.41) is 16.8. The van der Waals surface area contributed by atoms with Crippen LogP contribution in [0.15, 0.2) is 35.5 Å². The van der Waals surface area contributed by atoms with Crippen molar-refractivity contribution < 1.29 is 9.18 Å². The summed E-state index contributed by atoms with van der Waals surface area (Å²) in [5.74, 6) is 1.85. The number of halogens is 1. The molecule has 2 heterocycles. The number of hydrogen-bond donors (Lipinski definition) is 1. The fraction of sp³-hybridized carbons (Fsp3) is 0.478. The van der Waals surface area contributed by atoms with Crippen LogP contribution < -0.4 is 5.32 Å². The number of amides is 1. The van der Waals surface area contributed by atoms with Gasteiger partial charge in [0.25, 0.3) is 0 Å². The van der Waals surface area contributed by atoms with E-state index >= 15 is 0 Å². The van der Waals surface area contributed by atoms with Crippen molar-refractivity contribution in [3.63, 3.8) is 0 Å². The highest BCUT2D eigenvalue weighted by molar-refractivity contribution is 7.99. The third-order valence-corrected chi connectivity index (χ3v) is 6.96. The van der Waals surface area contributed by atoms with Gasteiger partial charge in [0.15, 0.2) is 11.0 Å². The van der Waals surface area contributed by atoms with E-state index in [1.54, 1.807) is 28.6 Å². The lowest BCUT2D eigenvalue weighted by Gasteiger charge is -2.20. The molecule has 3 aromatic rings. The third kappa shape index (κ3) is 5.56. The van der Waals surface area contributed by atoms with Crippen LogP contribution in [0.4, 0.5) is 4.39 Å². The molecule has 1 fully saturated rings. The fourth-order valence-corrected chi connectivity index (χ4v) is 5.27. The molecule has 1 aliphatic carbocycles. The molecule has 0 radical (unpaired) electrons. The summed E-state index contributed by atoms with van der Waals surface area (Å²) in [6.07, 6.45) is 6.43. The summed E-state index contributed by atoms with van der Waals surface area (Å²) < 4.78 is 17.1. The second kappa shape index (κ2) is 10.3. The van der Waals surface area contributed by atoms with Gasteiger partial charge in [-0.15, -0.1) is 10.2 Å². The summed E-state index contributed by atoms with van der Waals surface area (Å²) in [6, 6.07) is 8.22. The first-order valence-electron chi connectivity index (χ1n) is 11.1. The van der Waals surface area contributed by atoms with E-state index in [2.05, 4.69) is 20.6 Å². The van der Waals surface area contributed by atoms with E-state index < -0.39 is 0 Å². The van der Waals surface area contributed by atoms with E-state index in [0.717, 1.165) is 28.0 Å². The van der Waals surface area contributed by atoms with E-state index in [-0.39, 0.29) is 24.8 Å². The maximum absolute atomic E-state index is 13.5. The molecule has 0 saturated heterocycles. The Hall–Kier alpha value is -2.68.